The van der Waals surface area contributed by atoms with E-state index >= 15 is 0 Å². The summed E-state index contributed by atoms with van der Waals surface area (Å²) in [6.07, 6.45) is 57.5. The molecule has 6 heteroatoms. The number of hydrogen-bond donors (Lipinski definition) is 3. The highest BCUT2D eigenvalue weighted by Crippen LogP contribution is 2.16. The highest BCUT2D eigenvalue weighted by Gasteiger charge is 2.18. The number of carbonyl (C=O) groups excluding carboxylic acids is 2. The van der Waals surface area contributed by atoms with Crippen LogP contribution in [0.4, 0.5) is 0 Å². The number of hydrogen-bond acceptors (Lipinski definition) is 5. The Morgan fingerprint density at radius 2 is 0.814 bits per heavy atom. The molecule has 0 fully saturated rings. The van der Waals surface area contributed by atoms with Gasteiger partial charge in [-0.3, -0.25) is 9.59 Å². The fourth-order valence-corrected chi connectivity index (χ4v) is 7.91. The zero-order valence-electron chi connectivity index (χ0n) is 39.5. The Labute approximate surface area is 367 Å². The maximum absolute atomic E-state index is 12.4. The molecule has 6 nitrogen and oxygen atoms in total. The van der Waals surface area contributed by atoms with Gasteiger partial charge in [0.2, 0.25) is 5.91 Å². The molecule has 348 valence electrons. The summed E-state index contributed by atoms with van der Waals surface area (Å²) < 4.78 is 5.45. The molecule has 0 aromatic heterocycles. The Morgan fingerprint density at radius 1 is 0.458 bits per heavy atom. The molecule has 0 rings (SSSR count). The number of aliphatic hydroxyl groups excluding tert-OH is 2. The van der Waals surface area contributed by atoms with Crippen molar-refractivity contribution in [2.24, 2.45) is 0 Å². The lowest BCUT2D eigenvalue weighted by Crippen LogP contribution is -2.45. The topological polar surface area (TPSA) is 95.9 Å². The van der Waals surface area contributed by atoms with Gasteiger partial charge in [0.15, 0.2) is 0 Å². The number of amides is 1. The summed E-state index contributed by atoms with van der Waals surface area (Å²) in [5.41, 5.74) is 0. The third-order valence-electron chi connectivity index (χ3n) is 12.0. The summed E-state index contributed by atoms with van der Waals surface area (Å²) in [7, 11) is 0. The lowest BCUT2D eigenvalue weighted by Gasteiger charge is -2.20. The van der Waals surface area contributed by atoms with Gasteiger partial charge in [-0.05, 0) is 51.4 Å². The van der Waals surface area contributed by atoms with E-state index in [4.69, 9.17) is 4.74 Å². The van der Waals surface area contributed by atoms with Gasteiger partial charge in [-0.15, -0.1) is 0 Å². The highest BCUT2D eigenvalue weighted by atomic mass is 16.5. The SMILES string of the molecule is CCCC/C=C\CCCCCCCC(=O)OCCCCCCCCCCCCCCCCCCCCC(=O)NC(CO)C(O)/C=C/CCCCCCCCCCCCC. The van der Waals surface area contributed by atoms with E-state index in [1.807, 2.05) is 6.08 Å². The van der Waals surface area contributed by atoms with E-state index in [1.165, 1.54) is 205 Å². The third-order valence-corrected chi connectivity index (χ3v) is 12.0. The van der Waals surface area contributed by atoms with Crippen molar-refractivity contribution in [3.05, 3.63) is 24.3 Å². The van der Waals surface area contributed by atoms with Gasteiger partial charge < -0.3 is 20.3 Å². The second-order valence-corrected chi connectivity index (χ2v) is 17.9. The first-order valence-electron chi connectivity index (χ1n) is 26.1. The normalized spacial score (nSPS) is 12.8. The van der Waals surface area contributed by atoms with Gasteiger partial charge in [-0.25, -0.2) is 0 Å². The summed E-state index contributed by atoms with van der Waals surface area (Å²) in [4.78, 5) is 24.4. The number of allylic oxidation sites excluding steroid dienone is 3. The molecule has 0 radical (unpaired) electrons. The average Bonchev–Trinajstić information content (AvgIpc) is 3.24. The van der Waals surface area contributed by atoms with E-state index in [0.717, 1.165) is 44.9 Å². The molecule has 2 atom stereocenters. The summed E-state index contributed by atoms with van der Waals surface area (Å²) in [6, 6.07) is -0.629. The molecule has 59 heavy (non-hydrogen) atoms. The zero-order valence-corrected chi connectivity index (χ0v) is 39.5. The van der Waals surface area contributed by atoms with Crippen LogP contribution in [0.5, 0.6) is 0 Å². The Balaban J connectivity index is 3.44. The van der Waals surface area contributed by atoms with Gasteiger partial charge in [0, 0.05) is 12.8 Å². The third kappa shape index (κ3) is 45.7. The predicted molar refractivity (Wildman–Crippen MR) is 255 cm³/mol. The first kappa shape index (κ1) is 57.3. The number of carbonyl (C=O) groups is 2. The van der Waals surface area contributed by atoms with Crippen LogP contribution in [-0.4, -0.2) is 47.4 Å². The maximum atomic E-state index is 12.4. The quantitative estimate of drug-likeness (QED) is 0.0322. The fourth-order valence-electron chi connectivity index (χ4n) is 7.91. The van der Waals surface area contributed by atoms with Crippen molar-refractivity contribution >= 4 is 11.9 Å². The lowest BCUT2D eigenvalue weighted by molar-refractivity contribution is -0.143. The standard InChI is InChI=1S/C53H101NO5/c1-3-5-7-9-11-13-15-22-26-29-33-37-41-45-51(56)50(49-55)54-52(57)46-42-38-34-30-27-23-20-18-16-17-19-21-24-28-32-36-40-44-48-59-53(58)47-43-39-35-31-25-14-12-10-8-6-4-2/h10,12,41,45,50-51,55-56H,3-9,11,13-40,42-44,46-49H2,1-2H3,(H,54,57)/b12-10-,45-41+. The number of rotatable bonds is 48. The van der Waals surface area contributed by atoms with Crippen LogP contribution in [0.25, 0.3) is 0 Å². The number of aliphatic hydroxyl groups is 2. The van der Waals surface area contributed by atoms with E-state index in [-0.39, 0.29) is 18.5 Å². The smallest absolute Gasteiger partial charge is 0.305 e. The number of esters is 1. The van der Waals surface area contributed by atoms with Gasteiger partial charge in [0.1, 0.15) is 0 Å². The summed E-state index contributed by atoms with van der Waals surface area (Å²) >= 11 is 0. The molecule has 2 unspecified atom stereocenters. The molecule has 0 aromatic rings. The highest BCUT2D eigenvalue weighted by molar-refractivity contribution is 5.76. The molecule has 0 spiro atoms. The van der Waals surface area contributed by atoms with Crippen molar-refractivity contribution in [2.75, 3.05) is 13.2 Å². The van der Waals surface area contributed by atoms with E-state index in [1.54, 1.807) is 6.08 Å². The minimum absolute atomic E-state index is 0.00498. The molecular formula is C53H101NO5. The predicted octanol–water partition coefficient (Wildman–Crippen LogP) is 15.5. The zero-order chi connectivity index (χ0) is 43.0. The Morgan fingerprint density at radius 3 is 1.25 bits per heavy atom. The van der Waals surface area contributed by atoms with E-state index < -0.39 is 12.1 Å². The fraction of sp³-hybridized carbons (Fsp3) is 0.887. The maximum Gasteiger partial charge on any atom is 0.305 e. The summed E-state index contributed by atoms with van der Waals surface area (Å²) in [6.45, 7) is 4.85. The van der Waals surface area contributed by atoms with Crippen LogP contribution in [0.3, 0.4) is 0 Å². The van der Waals surface area contributed by atoms with Crippen molar-refractivity contribution in [1.29, 1.82) is 0 Å². The first-order valence-corrected chi connectivity index (χ1v) is 26.1. The van der Waals surface area contributed by atoms with Gasteiger partial charge in [0.05, 0.1) is 25.4 Å². The first-order chi connectivity index (χ1) is 29.0. The van der Waals surface area contributed by atoms with E-state index in [9.17, 15) is 19.8 Å². The van der Waals surface area contributed by atoms with Crippen LogP contribution >= 0.6 is 0 Å². The minimum Gasteiger partial charge on any atom is -0.466 e. The molecule has 0 saturated heterocycles. The monoisotopic (exact) mass is 832 g/mol. The van der Waals surface area contributed by atoms with Gasteiger partial charge in [0.25, 0.3) is 0 Å². The van der Waals surface area contributed by atoms with Crippen LogP contribution < -0.4 is 5.32 Å². The van der Waals surface area contributed by atoms with Crippen LogP contribution in [0.1, 0.15) is 277 Å². The Hall–Kier alpha value is -1.66. The molecule has 0 aliphatic carbocycles. The van der Waals surface area contributed by atoms with E-state index in [0.29, 0.717) is 19.4 Å². The average molecular weight is 832 g/mol. The van der Waals surface area contributed by atoms with Gasteiger partial charge >= 0.3 is 5.97 Å². The molecular weight excluding hydrogens is 731 g/mol. The Kier molecular flexibility index (Phi) is 47.6. The van der Waals surface area contributed by atoms with Crippen LogP contribution in [0.15, 0.2) is 24.3 Å². The molecule has 0 heterocycles. The second kappa shape index (κ2) is 49.0. The second-order valence-electron chi connectivity index (χ2n) is 17.9. The molecule has 0 aromatic carbocycles. The molecule has 0 saturated carbocycles. The summed E-state index contributed by atoms with van der Waals surface area (Å²) in [5, 5.41) is 23.0. The molecule has 1 amide bonds. The Bertz CT molecular complexity index is 920. The van der Waals surface area contributed by atoms with Crippen LogP contribution in [-0.2, 0) is 14.3 Å². The van der Waals surface area contributed by atoms with E-state index in [2.05, 4.69) is 31.3 Å². The number of ether oxygens (including phenoxy) is 1. The summed E-state index contributed by atoms with van der Waals surface area (Å²) in [5.74, 6) is -0.0775. The van der Waals surface area contributed by atoms with Gasteiger partial charge in [-0.2, -0.15) is 0 Å². The molecule has 0 aliphatic rings. The van der Waals surface area contributed by atoms with Gasteiger partial charge in [-0.1, -0.05) is 237 Å². The van der Waals surface area contributed by atoms with Crippen molar-refractivity contribution in [1.82, 2.24) is 5.32 Å². The van der Waals surface area contributed by atoms with Crippen LogP contribution in [0, 0.1) is 0 Å². The van der Waals surface area contributed by atoms with Crippen molar-refractivity contribution in [2.45, 2.75) is 289 Å². The molecule has 3 N–H and O–H groups in total. The van der Waals surface area contributed by atoms with Crippen LogP contribution in [0.2, 0.25) is 0 Å². The van der Waals surface area contributed by atoms with Crippen molar-refractivity contribution in [3.63, 3.8) is 0 Å². The molecule has 0 bridgehead atoms. The number of nitrogens with one attached hydrogen (secondary N) is 1. The van der Waals surface area contributed by atoms with Crippen molar-refractivity contribution in [3.8, 4) is 0 Å². The lowest BCUT2D eigenvalue weighted by atomic mass is 10.0. The minimum atomic E-state index is -0.846. The largest absolute Gasteiger partial charge is 0.466 e. The van der Waals surface area contributed by atoms with Crippen molar-refractivity contribution < 1.29 is 24.5 Å². The number of unbranched alkanes of at least 4 members (excludes halogenated alkanes) is 35. The molecule has 0 aliphatic heterocycles.